The zero-order valence-corrected chi connectivity index (χ0v) is 16.5. The van der Waals surface area contributed by atoms with E-state index in [0.717, 1.165) is 0 Å². The molecule has 2 N–H and O–H groups in total. The molecule has 0 saturated heterocycles. The quantitative estimate of drug-likeness (QED) is 0.782. The van der Waals surface area contributed by atoms with E-state index in [4.69, 9.17) is 0 Å². The summed E-state index contributed by atoms with van der Waals surface area (Å²) in [5, 5.41) is 13.2. The summed E-state index contributed by atoms with van der Waals surface area (Å²) in [5.41, 5.74) is 1.79. The summed E-state index contributed by atoms with van der Waals surface area (Å²) < 4.78 is 0. The van der Waals surface area contributed by atoms with Gasteiger partial charge in [0.05, 0.1) is 11.6 Å². The number of anilines is 2. The Morgan fingerprint density at radius 2 is 1.90 bits per heavy atom. The number of benzene rings is 1. The van der Waals surface area contributed by atoms with E-state index in [-0.39, 0.29) is 29.6 Å². The maximum Gasteiger partial charge on any atom is 0.294 e. The predicted octanol–water partition coefficient (Wildman–Crippen LogP) is 3.56. The monoisotopic (exact) mass is 393 g/mol. The molecule has 1 aromatic heterocycles. The summed E-state index contributed by atoms with van der Waals surface area (Å²) in [4.78, 5) is 42.5. The maximum atomic E-state index is 12.9. The lowest BCUT2D eigenvalue weighted by molar-refractivity contribution is -0.118. The molecular formula is C22H23N3O4. The Labute approximate surface area is 169 Å². The van der Waals surface area contributed by atoms with Gasteiger partial charge >= 0.3 is 0 Å². The molecule has 0 saturated carbocycles. The number of carbonyl (C=O) groups is 3. The van der Waals surface area contributed by atoms with E-state index in [1.54, 1.807) is 48.8 Å². The minimum Gasteiger partial charge on any atom is -0.503 e. The molecule has 7 nitrogen and oxygen atoms in total. The van der Waals surface area contributed by atoms with E-state index in [2.05, 4.69) is 10.3 Å². The van der Waals surface area contributed by atoms with E-state index in [1.807, 2.05) is 13.8 Å². The maximum absolute atomic E-state index is 12.9. The molecule has 1 atom stereocenters. The summed E-state index contributed by atoms with van der Waals surface area (Å²) in [7, 11) is 0. The van der Waals surface area contributed by atoms with Gasteiger partial charge in [0.25, 0.3) is 5.91 Å². The van der Waals surface area contributed by atoms with Crippen LogP contribution in [0.15, 0.2) is 60.1 Å². The van der Waals surface area contributed by atoms with Gasteiger partial charge in [-0.15, -0.1) is 0 Å². The van der Waals surface area contributed by atoms with Crippen LogP contribution in [0.4, 0.5) is 11.4 Å². The van der Waals surface area contributed by atoms with Crippen LogP contribution in [0.25, 0.3) is 0 Å². The van der Waals surface area contributed by atoms with Gasteiger partial charge < -0.3 is 10.4 Å². The normalized spacial score (nSPS) is 16.5. The van der Waals surface area contributed by atoms with Crippen molar-refractivity contribution >= 4 is 29.0 Å². The van der Waals surface area contributed by atoms with Gasteiger partial charge in [0.15, 0.2) is 11.5 Å². The largest absolute Gasteiger partial charge is 0.503 e. The SMILES string of the molecule is CC(=O)Nc1ccc(N2C(=O)C(O)=C(C(=O)CC(C)C)C2c2cccnc2)cc1. The van der Waals surface area contributed by atoms with Gasteiger partial charge in [0.2, 0.25) is 5.91 Å². The molecule has 2 heterocycles. The van der Waals surface area contributed by atoms with E-state index in [0.29, 0.717) is 16.9 Å². The molecule has 1 aliphatic heterocycles. The molecule has 0 radical (unpaired) electrons. The van der Waals surface area contributed by atoms with Gasteiger partial charge in [-0.2, -0.15) is 0 Å². The molecule has 1 unspecified atom stereocenters. The number of pyridine rings is 1. The Kier molecular flexibility index (Phi) is 5.77. The van der Waals surface area contributed by atoms with Crippen LogP contribution in [0.2, 0.25) is 0 Å². The average molecular weight is 393 g/mol. The van der Waals surface area contributed by atoms with Crippen molar-refractivity contribution in [3.05, 3.63) is 65.7 Å². The standard InChI is InChI=1S/C22H23N3O4/c1-13(2)11-18(27)19-20(15-5-4-10-23-12-15)25(22(29)21(19)28)17-8-6-16(7-9-17)24-14(3)26/h4-10,12-13,20,28H,11H2,1-3H3,(H,24,26). The van der Waals surface area contributed by atoms with Crippen LogP contribution in [-0.4, -0.2) is 27.7 Å². The fraction of sp³-hybridized carbons (Fsp3) is 0.273. The molecule has 150 valence electrons. The number of aromatic nitrogens is 1. The van der Waals surface area contributed by atoms with Crippen molar-refractivity contribution in [3.8, 4) is 0 Å². The number of hydrogen-bond acceptors (Lipinski definition) is 5. The number of ketones is 1. The van der Waals surface area contributed by atoms with Crippen molar-refractivity contribution in [3.63, 3.8) is 0 Å². The first kappa shape index (κ1) is 20.3. The second-order valence-electron chi connectivity index (χ2n) is 7.38. The minimum absolute atomic E-state index is 0.0819. The molecule has 0 spiro atoms. The van der Waals surface area contributed by atoms with E-state index >= 15 is 0 Å². The first-order chi connectivity index (χ1) is 13.8. The summed E-state index contributed by atoms with van der Waals surface area (Å²) in [5.74, 6) is -1.56. The predicted molar refractivity (Wildman–Crippen MR) is 109 cm³/mol. The van der Waals surface area contributed by atoms with E-state index < -0.39 is 17.7 Å². The van der Waals surface area contributed by atoms with Crippen LogP contribution in [0.5, 0.6) is 0 Å². The Morgan fingerprint density at radius 3 is 2.45 bits per heavy atom. The highest BCUT2D eigenvalue weighted by atomic mass is 16.3. The highest BCUT2D eigenvalue weighted by Gasteiger charge is 2.44. The Hall–Kier alpha value is -3.48. The topological polar surface area (TPSA) is 99.6 Å². The Balaban J connectivity index is 2.05. The molecule has 0 aliphatic carbocycles. The zero-order chi connectivity index (χ0) is 21.1. The van der Waals surface area contributed by atoms with Crippen molar-refractivity contribution in [2.45, 2.75) is 33.2 Å². The lowest BCUT2D eigenvalue weighted by Gasteiger charge is -2.27. The molecule has 2 amide bonds. The average Bonchev–Trinajstić information content (AvgIpc) is 2.93. The number of nitrogens with zero attached hydrogens (tertiary/aromatic N) is 2. The number of hydrogen-bond donors (Lipinski definition) is 2. The van der Waals surface area contributed by atoms with Crippen LogP contribution in [-0.2, 0) is 14.4 Å². The smallest absolute Gasteiger partial charge is 0.294 e. The second kappa shape index (κ2) is 8.26. The molecular weight excluding hydrogens is 370 g/mol. The number of Topliss-reactive ketones (excluding diaryl/α,β-unsaturated/α-hetero) is 1. The fourth-order valence-electron chi connectivity index (χ4n) is 3.40. The Morgan fingerprint density at radius 1 is 1.21 bits per heavy atom. The van der Waals surface area contributed by atoms with Crippen LogP contribution >= 0.6 is 0 Å². The first-order valence-corrected chi connectivity index (χ1v) is 9.37. The molecule has 1 aliphatic rings. The highest BCUT2D eigenvalue weighted by Crippen LogP contribution is 2.41. The van der Waals surface area contributed by atoms with Gasteiger partial charge in [0, 0.05) is 37.1 Å². The fourth-order valence-corrected chi connectivity index (χ4v) is 3.40. The molecule has 0 fully saturated rings. The Bertz CT molecular complexity index is 965. The van der Waals surface area contributed by atoms with Crippen molar-refractivity contribution < 1.29 is 19.5 Å². The third-order valence-electron chi connectivity index (χ3n) is 4.57. The van der Waals surface area contributed by atoms with Crippen LogP contribution in [0.1, 0.15) is 38.8 Å². The van der Waals surface area contributed by atoms with Gasteiger partial charge in [0.1, 0.15) is 0 Å². The highest BCUT2D eigenvalue weighted by molar-refractivity contribution is 6.16. The van der Waals surface area contributed by atoms with Crippen molar-refractivity contribution in [1.29, 1.82) is 0 Å². The number of aliphatic hydroxyl groups excluding tert-OH is 1. The first-order valence-electron chi connectivity index (χ1n) is 9.37. The van der Waals surface area contributed by atoms with Crippen molar-refractivity contribution in [2.75, 3.05) is 10.2 Å². The minimum atomic E-state index is -0.769. The van der Waals surface area contributed by atoms with Crippen LogP contribution in [0, 0.1) is 5.92 Å². The third kappa shape index (κ3) is 4.18. The lowest BCUT2D eigenvalue weighted by atomic mass is 9.93. The number of aliphatic hydroxyl groups is 1. The van der Waals surface area contributed by atoms with Gasteiger partial charge in [-0.25, -0.2) is 0 Å². The second-order valence-corrected chi connectivity index (χ2v) is 7.38. The summed E-state index contributed by atoms with van der Waals surface area (Å²) >= 11 is 0. The van der Waals surface area contributed by atoms with Gasteiger partial charge in [-0.1, -0.05) is 19.9 Å². The lowest BCUT2D eigenvalue weighted by Crippen LogP contribution is -2.31. The molecule has 29 heavy (non-hydrogen) atoms. The van der Waals surface area contributed by atoms with E-state index in [9.17, 15) is 19.5 Å². The molecule has 7 heteroatoms. The van der Waals surface area contributed by atoms with Crippen LogP contribution in [0.3, 0.4) is 0 Å². The number of amides is 2. The zero-order valence-electron chi connectivity index (χ0n) is 16.5. The molecule has 2 aromatic rings. The third-order valence-corrected chi connectivity index (χ3v) is 4.57. The van der Waals surface area contributed by atoms with Crippen LogP contribution < -0.4 is 10.2 Å². The molecule has 1 aromatic carbocycles. The van der Waals surface area contributed by atoms with Gasteiger partial charge in [-0.05, 0) is 41.8 Å². The molecule has 0 bridgehead atoms. The van der Waals surface area contributed by atoms with E-state index in [1.165, 1.54) is 11.8 Å². The number of nitrogens with one attached hydrogen (secondary N) is 1. The summed E-state index contributed by atoms with van der Waals surface area (Å²) in [6.45, 7) is 5.22. The summed E-state index contributed by atoms with van der Waals surface area (Å²) in [6.07, 6.45) is 3.41. The van der Waals surface area contributed by atoms with Gasteiger partial charge in [-0.3, -0.25) is 24.3 Å². The number of rotatable bonds is 6. The summed E-state index contributed by atoms with van der Waals surface area (Å²) in [6, 6.07) is 9.37. The van der Waals surface area contributed by atoms with Crippen molar-refractivity contribution in [2.24, 2.45) is 5.92 Å². The number of carbonyl (C=O) groups excluding carboxylic acids is 3. The van der Waals surface area contributed by atoms with Crippen molar-refractivity contribution in [1.82, 2.24) is 4.98 Å². The molecule has 3 rings (SSSR count).